The van der Waals surface area contributed by atoms with Crippen LogP contribution in [0.3, 0.4) is 0 Å². The lowest BCUT2D eigenvalue weighted by Gasteiger charge is -2.41. The maximum atomic E-state index is 10.7. The van der Waals surface area contributed by atoms with Crippen molar-refractivity contribution in [1.29, 1.82) is 0 Å². The first-order valence-corrected chi connectivity index (χ1v) is 11.5. The van der Waals surface area contributed by atoms with E-state index in [1.807, 2.05) is 32.9 Å². The smallest absolute Gasteiger partial charge is 0.119 e. The summed E-state index contributed by atoms with van der Waals surface area (Å²) in [4.78, 5) is 0. The van der Waals surface area contributed by atoms with Crippen LogP contribution < -0.4 is 4.74 Å². The van der Waals surface area contributed by atoms with E-state index in [9.17, 15) is 20.4 Å². The van der Waals surface area contributed by atoms with Gasteiger partial charge in [-0.1, -0.05) is 18.2 Å². The SMILES string of the molecule is Cc1c([C@@H]2O[C@H](CO)[C@H](O)[C@H](O)[C@@H]2O)cc(Cc2ccc(OC(C)C)cc2)c2c1CCC2. The van der Waals surface area contributed by atoms with Gasteiger partial charge in [0.15, 0.2) is 0 Å². The van der Waals surface area contributed by atoms with Crippen molar-refractivity contribution in [2.75, 3.05) is 6.61 Å². The summed E-state index contributed by atoms with van der Waals surface area (Å²) in [7, 11) is 0. The fraction of sp³-hybridized carbons (Fsp3) is 0.538. The normalized spacial score (nSPS) is 27.6. The standard InChI is InChI=1S/C26H34O6/c1-14(2)31-18-9-7-16(8-10-18)11-17-12-21(15(3)19-5-4-6-20(17)19)26-25(30)24(29)23(28)22(13-27)32-26/h7-10,12,14,22-30H,4-6,11,13H2,1-3H3/t22-,23+,24+,25+,26+/m1/s1. The van der Waals surface area contributed by atoms with Crippen LogP contribution in [0.2, 0.25) is 0 Å². The van der Waals surface area contributed by atoms with Crippen molar-refractivity contribution in [2.24, 2.45) is 0 Å². The van der Waals surface area contributed by atoms with Crippen molar-refractivity contribution in [1.82, 2.24) is 0 Å². The summed E-state index contributed by atoms with van der Waals surface area (Å²) in [6.07, 6.45) is -1.77. The minimum absolute atomic E-state index is 0.127. The van der Waals surface area contributed by atoms with E-state index in [0.29, 0.717) is 0 Å². The fourth-order valence-electron chi connectivity index (χ4n) is 5.06. The number of hydrogen-bond acceptors (Lipinski definition) is 6. The van der Waals surface area contributed by atoms with Crippen molar-refractivity contribution in [3.05, 3.63) is 63.7 Å². The Hall–Kier alpha value is -1.96. The molecule has 1 aliphatic heterocycles. The Morgan fingerprint density at radius 3 is 2.34 bits per heavy atom. The number of aliphatic hydroxyl groups excluding tert-OH is 4. The van der Waals surface area contributed by atoms with E-state index in [0.717, 1.165) is 42.6 Å². The molecule has 0 spiro atoms. The molecule has 6 nitrogen and oxygen atoms in total. The van der Waals surface area contributed by atoms with Gasteiger partial charge in [0.2, 0.25) is 0 Å². The molecule has 6 heteroatoms. The molecule has 5 atom stereocenters. The average Bonchev–Trinajstić information content (AvgIpc) is 3.26. The zero-order chi connectivity index (χ0) is 23.0. The molecular weight excluding hydrogens is 408 g/mol. The second-order valence-corrected chi connectivity index (χ2v) is 9.30. The number of aliphatic hydroxyl groups is 4. The quantitative estimate of drug-likeness (QED) is 0.548. The molecule has 1 fully saturated rings. The monoisotopic (exact) mass is 442 g/mol. The number of fused-ring (bicyclic) bond motifs is 1. The molecule has 1 aliphatic carbocycles. The summed E-state index contributed by atoms with van der Waals surface area (Å²) in [6.45, 7) is 5.61. The van der Waals surface area contributed by atoms with E-state index in [1.54, 1.807) is 0 Å². The highest BCUT2D eigenvalue weighted by Gasteiger charge is 2.44. The van der Waals surface area contributed by atoms with Crippen LogP contribution in [0.5, 0.6) is 5.75 Å². The summed E-state index contributed by atoms with van der Waals surface area (Å²) in [5.74, 6) is 0.847. The topological polar surface area (TPSA) is 99.4 Å². The van der Waals surface area contributed by atoms with E-state index >= 15 is 0 Å². The third-order valence-electron chi connectivity index (χ3n) is 6.71. The Balaban J connectivity index is 1.68. The first kappa shape index (κ1) is 23.2. The van der Waals surface area contributed by atoms with E-state index < -0.39 is 37.1 Å². The van der Waals surface area contributed by atoms with E-state index in [2.05, 4.69) is 18.2 Å². The molecule has 174 valence electrons. The molecule has 32 heavy (non-hydrogen) atoms. The largest absolute Gasteiger partial charge is 0.491 e. The molecule has 0 amide bonds. The first-order valence-electron chi connectivity index (χ1n) is 11.5. The summed E-state index contributed by atoms with van der Waals surface area (Å²) in [5, 5.41) is 40.8. The molecule has 2 aromatic rings. The zero-order valence-electron chi connectivity index (χ0n) is 19.0. The lowest BCUT2D eigenvalue weighted by molar-refractivity contribution is -0.231. The fourth-order valence-corrected chi connectivity index (χ4v) is 5.06. The maximum Gasteiger partial charge on any atom is 0.119 e. The van der Waals surface area contributed by atoms with E-state index in [4.69, 9.17) is 9.47 Å². The van der Waals surface area contributed by atoms with Gasteiger partial charge in [0, 0.05) is 0 Å². The van der Waals surface area contributed by atoms with Crippen molar-refractivity contribution in [3.63, 3.8) is 0 Å². The van der Waals surface area contributed by atoms with Gasteiger partial charge in [-0.15, -0.1) is 0 Å². The van der Waals surface area contributed by atoms with Gasteiger partial charge < -0.3 is 29.9 Å². The first-order chi connectivity index (χ1) is 15.3. The molecule has 0 unspecified atom stereocenters. The Morgan fingerprint density at radius 2 is 1.69 bits per heavy atom. The van der Waals surface area contributed by atoms with Gasteiger partial charge in [-0.05, 0) is 92.0 Å². The zero-order valence-corrected chi connectivity index (χ0v) is 19.0. The predicted octanol–water partition coefficient (Wildman–Crippen LogP) is 2.38. The summed E-state index contributed by atoms with van der Waals surface area (Å²) < 4.78 is 11.6. The minimum Gasteiger partial charge on any atom is -0.491 e. The number of hydrogen-bond donors (Lipinski definition) is 4. The summed E-state index contributed by atoms with van der Waals surface area (Å²) in [5.41, 5.74) is 6.88. The lowest BCUT2D eigenvalue weighted by atomic mass is 9.84. The van der Waals surface area contributed by atoms with Crippen LogP contribution in [0, 0.1) is 6.92 Å². The Kier molecular flexibility index (Phi) is 6.89. The van der Waals surface area contributed by atoms with Crippen LogP contribution in [-0.4, -0.2) is 57.6 Å². The minimum atomic E-state index is -1.38. The number of benzene rings is 2. The van der Waals surface area contributed by atoms with Gasteiger partial charge in [-0.3, -0.25) is 0 Å². The molecule has 0 radical (unpaired) electrons. The molecule has 0 bridgehead atoms. The van der Waals surface area contributed by atoms with Gasteiger partial charge in [0.1, 0.15) is 36.3 Å². The van der Waals surface area contributed by atoms with Crippen molar-refractivity contribution < 1.29 is 29.9 Å². The highest BCUT2D eigenvalue weighted by atomic mass is 16.5. The summed E-state index contributed by atoms with van der Waals surface area (Å²) >= 11 is 0. The molecule has 4 rings (SSSR count). The molecular formula is C26H34O6. The maximum absolute atomic E-state index is 10.7. The van der Waals surface area contributed by atoms with Crippen molar-refractivity contribution in [3.8, 4) is 5.75 Å². The highest BCUT2D eigenvalue weighted by molar-refractivity contribution is 5.51. The second-order valence-electron chi connectivity index (χ2n) is 9.30. The second kappa shape index (κ2) is 9.49. The van der Waals surface area contributed by atoms with Crippen LogP contribution in [0.1, 0.15) is 59.8 Å². The molecule has 2 aromatic carbocycles. The lowest BCUT2D eigenvalue weighted by Crippen LogP contribution is -2.55. The molecule has 2 aliphatic rings. The van der Waals surface area contributed by atoms with Gasteiger partial charge in [0.25, 0.3) is 0 Å². The van der Waals surface area contributed by atoms with Crippen molar-refractivity contribution >= 4 is 0 Å². The van der Waals surface area contributed by atoms with Crippen molar-refractivity contribution in [2.45, 2.75) is 83.1 Å². The van der Waals surface area contributed by atoms with Gasteiger partial charge in [-0.25, -0.2) is 0 Å². The van der Waals surface area contributed by atoms with Gasteiger partial charge in [0.05, 0.1) is 12.7 Å². The Bertz CT molecular complexity index is 936. The molecule has 4 N–H and O–H groups in total. The van der Waals surface area contributed by atoms with Crippen LogP contribution >= 0.6 is 0 Å². The van der Waals surface area contributed by atoms with Crippen LogP contribution in [0.25, 0.3) is 0 Å². The van der Waals surface area contributed by atoms with E-state index in [1.165, 1.54) is 22.3 Å². The summed E-state index contributed by atoms with van der Waals surface area (Å²) in [6, 6.07) is 10.2. The van der Waals surface area contributed by atoms with Crippen LogP contribution in [0.4, 0.5) is 0 Å². The van der Waals surface area contributed by atoms with Gasteiger partial charge >= 0.3 is 0 Å². The average molecular weight is 443 g/mol. The Morgan fingerprint density at radius 1 is 1.00 bits per heavy atom. The Labute approximate surface area is 189 Å². The van der Waals surface area contributed by atoms with Gasteiger partial charge in [-0.2, -0.15) is 0 Å². The van der Waals surface area contributed by atoms with E-state index in [-0.39, 0.29) is 6.10 Å². The third-order valence-corrected chi connectivity index (χ3v) is 6.71. The molecule has 0 aromatic heterocycles. The highest BCUT2D eigenvalue weighted by Crippen LogP contribution is 2.39. The predicted molar refractivity (Wildman–Crippen MR) is 121 cm³/mol. The molecule has 0 saturated carbocycles. The number of ether oxygens (including phenoxy) is 2. The molecule has 1 saturated heterocycles. The number of rotatable bonds is 6. The third kappa shape index (κ3) is 4.43. The molecule has 1 heterocycles. The van der Waals surface area contributed by atoms with Crippen LogP contribution in [0.15, 0.2) is 30.3 Å². The van der Waals surface area contributed by atoms with Crippen LogP contribution in [-0.2, 0) is 24.0 Å².